The topological polar surface area (TPSA) is 66.4 Å². The van der Waals surface area contributed by atoms with Gasteiger partial charge >= 0.3 is 0 Å². The molecule has 0 aliphatic heterocycles. The first-order valence-electron chi connectivity index (χ1n) is 6.63. The van der Waals surface area contributed by atoms with Crippen LogP contribution in [0.15, 0.2) is 29.2 Å². The first kappa shape index (κ1) is 16.1. The van der Waals surface area contributed by atoms with Crippen LogP contribution in [0.1, 0.15) is 45.1 Å². The highest BCUT2D eigenvalue weighted by Gasteiger charge is 2.19. The SMILES string of the molecule is CCCC(CO)NS(=O)(=O)c1ccc(C(C)C)cc1. The van der Waals surface area contributed by atoms with Gasteiger partial charge in [-0.05, 0) is 30.0 Å². The number of nitrogens with one attached hydrogen (secondary N) is 1. The van der Waals surface area contributed by atoms with Crippen LogP contribution in [0.4, 0.5) is 0 Å². The molecule has 0 saturated carbocycles. The Morgan fingerprint density at radius 3 is 2.21 bits per heavy atom. The molecule has 0 amide bonds. The highest BCUT2D eigenvalue weighted by molar-refractivity contribution is 7.89. The van der Waals surface area contributed by atoms with Gasteiger partial charge in [0.05, 0.1) is 11.5 Å². The maximum Gasteiger partial charge on any atom is 0.240 e. The quantitative estimate of drug-likeness (QED) is 0.807. The fourth-order valence-electron chi connectivity index (χ4n) is 1.86. The van der Waals surface area contributed by atoms with Crippen molar-refractivity contribution in [3.05, 3.63) is 29.8 Å². The highest BCUT2D eigenvalue weighted by atomic mass is 32.2. The molecule has 0 aliphatic rings. The third-order valence-electron chi connectivity index (χ3n) is 3.04. The fourth-order valence-corrected chi connectivity index (χ4v) is 3.12. The van der Waals surface area contributed by atoms with Crippen LogP contribution in [0.25, 0.3) is 0 Å². The number of rotatable bonds is 7. The van der Waals surface area contributed by atoms with E-state index >= 15 is 0 Å². The third-order valence-corrected chi connectivity index (χ3v) is 4.57. The van der Waals surface area contributed by atoms with Crippen molar-refractivity contribution in [3.8, 4) is 0 Å². The van der Waals surface area contributed by atoms with Gasteiger partial charge in [-0.2, -0.15) is 0 Å². The van der Waals surface area contributed by atoms with Gasteiger partial charge in [0.2, 0.25) is 10.0 Å². The summed E-state index contributed by atoms with van der Waals surface area (Å²) in [6, 6.07) is 6.45. The molecule has 0 radical (unpaired) electrons. The van der Waals surface area contributed by atoms with Gasteiger partial charge in [0.1, 0.15) is 0 Å². The van der Waals surface area contributed by atoms with Crippen LogP contribution in [0.5, 0.6) is 0 Å². The minimum atomic E-state index is -3.55. The number of hydrogen-bond donors (Lipinski definition) is 2. The van der Waals surface area contributed by atoms with Crippen molar-refractivity contribution in [2.75, 3.05) is 6.61 Å². The molecule has 0 saturated heterocycles. The summed E-state index contributed by atoms with van der Waals surface area (Å²) in [5, 5.41) is 9.16. The number of sulfonamides is 1. The summed E-state index contributed by atoms with van der Waals surface area (Å²) in [6.45, 7) is 5.89. The van der Waals surface area contributed by atoms with E-state index in [1.165, 1.54) is 0 Å². The largest absolute Gasteiger partial charge is 0.395 e. The molecule has 1 rings (SSSR count). The Morgan fingerprint density at radius 1 is 1.21 bits per heavy atom. The van der Waals surface area contributed by atoms with Crippen molar-refractivity contribution < 1.29 is 13.5 Å². The highest BCUT2D eigenvalue weighted by Crippen LogP contribution is 2.17. The van der Waals surface area contributed by atoms with E-state index in [-0.39, 0.29) is 11.5 Å². The predicted molar refractivity (Wildman–Crippen MR) is 76.6 cm³/mol. The maximum atomic E-state index is 12.1. The zero-order chi connectivity index (χ0) is 14.5. The molecule has 0 aliphatic carbocycles. The van der Waals surface area contributed by atoms with Crippen molar-refractivity contribution in [1.29, 1.82) is 0 Å². The molecule has 1 aromatic carbocycles. The molecule has 1 aromatic rings. The normalized spacial score (nSPS) is 13.7. The lowest BCUT2D eigenvalue weighted by Gasteiger charge is -2.16. The smallest absolute Gasteiger partial charge is 0.240 e. The van der Waals surface area contributed by atoms with Gasteiger partial charge in [-0.15, -0.1) is 0 Å². The van der Waals surface area contributed by atoms with Crippen molar-refractivity contribution in [2.24, 2.45) is 0 Å². The van der Waals surface area contributed by atoms with E-state index in [0.717, 1.165) is 12.0 Å². The Kier molecular flexibility index (Phi) is 5.97. The average molecular weight is 285 g/mol. The molecule has 0 spiro atoms. The predicted octanol–water partition coefficient (Wildman–Crippen LogP) is 2.25. The van der Waals surface area contributed by atoms with Crippen molar-refractivity contribution in [3.63, 3.8) is 0 Å². The number of aliphatic hydroxyl groups is 1. The van der Waals surface area contributed by atoms with Gasteiger partial charge in [0.25, 0.3) is 0 Å². The minimum absolute atomic E-state index is 0.183. The van der Waals surface area contributed by atoms with Crippen LogP contribution in [0, 0.1) is 0 Å². The van der Waals surface area contributed by atoms with Crippen LogP contribution in [0.3, 0.4) is 0 Å². The minimum Gasteiger partial charge on any atom is -0.395 e. The lowest BCUT2D eigenvalue weighted by atomic mass is 10.0. The van der Waals surface area contributed by atoms with E-state index in [2.05, 4.69) is 18.6 Å². The summed E-state index contributed by atoms with van der Waals surface area (Å²) in [4.78, 5) is 0.242. The third kappa shape index (κ3) is 4.60. The van der Waals surface area contributed by atoms with Crippen molar-refractivity contribution >= 4 is 10.0 Å². The molecule has 0 fully saturated rings. The second-order valence-corrected chi connectivity index (χ2v) is 6.73. The summed E-state index contributed by atoms with van der Waals surface area (Å²) in [5.74, 6) is 0.370. The van der Waals surface area contributed by atoms with E-state index in [0.29, 0.717) is 12.3 Å². The molecule has 19 heavy (non-hydrogen) atoms. The summed E-state index contributed by atoms with van der Waals surface area (Å²) >= 11 is 0. The maximum absolute atomic E-state index is 12.1. The lowest BCUT2D eigenvalue weighted by Crippen LogP contribution is -2.37. The van der Waals surface area contributed by atoms with Gasteiger partial charge in [0, 0.05) is 6.04 Å². The van der Waals surface area contributed by atoms with Gasteiger partial charge < -0.3 is 5.11 Å². The van der Waals surface area contributed by atoms with E-state index in [9.17, 15) is 8.42 Å². The Bertz CT molecular complexity index is 480. The van der Waals surface area contributed by atoms with Crippen molar-refractivity contribution in [1.82, 2.24) is 4.72 Å². The van der Waals surface area contributed by atoms with E-state index in [4.69, 9.17) is 5.11 Å². The molecule has 5 heteroatoms. The molecule has 1 atom stereocenters. The first-order valence-corrected chi connectivity index (χ1v) is 8.12. The van der Waals surface area contributed by atoms with E-state index < -0.39 is 16.1 Å². The van der Waals surface area contributed by atoms with Crippen LogP contribution < -0.4 is 4.72 Å². The molecule has 108 valence electrons. The number of hydrogen-bond acceptors (Lipinski definition) is 3. The van der Waals surface area contributed by atoms with E-state index in [1.54, 1.807) is 12.1 Å². The standard InChI is InChI=1S/C14H23NO3S/c1-4-5-13(10-16)15-19(17,18)14-8-6-12(7-9-14)11(2)3/h6-9,11,13,15-16H,4-5,10H2,1-3H3. The summed E-state index contributed by atoms with van der Waals surface area (Å²) in [7, 11) is -3.55. The van der Waals surface area contributed by atoms with Gasteiger partial charge in [-0.1, -0.05) is 39.3 Å². The summed E-state index contributed by atoms with van der Waals surface area (Å²) < 4.78 is 26.8. The van der Waals surface area contributed by atoms with Gasteiger partial charge in [-0.25, -0.2) is 13.1 Å². The Balaban J connectivity index is 2.87. The molecule has 0 heterocycles. The summed E-state index contributed by atoms with van der Waals surface area (Å²) in [6.07, 6.45) is 1.44. The van der Waals surface area contributed by atoms with Crippen molar-refractivity contribution in [2.45, 2.75) is 50.5 Å². The molecule has 4 nitrogen and oxygen atoms in total. The molecule has 0 aromatic heterocycles. The molecule has 0 bridgehead atoms. The van der Waals surface area contributed by atoms with E-state index in [1.807, 2.05) is 19.1 Å². The summed E-state index contributed by atoms with van der Waals surface area (Å²) in [5.41, 5.74) is 1.10. The number of benzene rings is 1. The van der Waals surface area contributed by atoms with Crippen LogP contribution in [-0.2, 0) is 10.0 Å². The average Bonchev–Trinajstić information content (AvgIpc) is 2.38. The molecular weight excluding hydrogens is 262 g/mol. The zero-order valence-electron chi connectivity index (χ0n) is 11.8. The van der Waals surface area contributed by atoms with Crippen LogP contribution >= 0.6 is 0 Å². The molecule has 1 unspecified atom stereocenters. The zero-order valence-corrected chi connectivity index (χ0v) is 12.6. The Labute approximate surface area is 115 Å². The molecular formula is C14H23NO3S. The van der Waals surface area contributed by atoms with Crippen LogP contribution in [-0.4, -0.2) is 26.2 Å². The van der Waals surface area contributed by atoms with Gasteiger partial charge in [0.15, 0.2) is 0 Å². The molecule has 2 N–H and O–H groups in total. The second kappa shape index (κ2) is 7.03. The Morgan fingerprint density at radius 2 is 1.79 bits per heavy atom. The fraction of sp³-hybridized carbons (Fsp3) is 0.571. The van der Waals surface area contributed by atoms with Gasteiger partial charge in [-0.3, -0.25) is 0 Å². The number of aliphatic hydroxyl groups excluding tert-OH is 1. The lowest BCUT2D eigenvalue weighted by molar-refractivity contribution is 0.250. The second-order valence-electron chi connectivity index (χ2n) is 5.01. The first-order chi connectivity index (χ1) is 8.90. The van der Waals surface area contributed by atoms with Crippen LogP contribution in [0.2, 0.25) is 0 Å². The monoisotopic (exact) mass is 285 g/mol. The Hall–Kier alpha value is -0.910.